The van der Waals surface area contributed by atoms with Gasteiger partial charge in [-0.15, -0.1) is 0 Å². The average molecular weight is 183 g/mol. The summed E-state index contributed by atoms with van der Waals surface area (Å²) in [5, 5.41) is 3.61. The molecular weight excluding hydrogens is 158 g/mol. The SMILES string of the molecule is CC(C)CCCC[C@@H]1CCCCN1. The largest absolute Gasteiger partial charge is 0.314 e. The van der Waals surface area contributed by atoms with Crippen LogP contribution in [0.25, 0.3) is 0 Å². The molecule has 0 aromatic rings. The number of unbranched alkanes of at least 4 members (excludes halogenated alkanes) is 1. The summed E-state index contributed by atoms with van der Waals surface area (Å²) in [5.74, 6) is 0.888. The van der Waals surface area contributed by atoms with Crippen molar-refractivity contribution in [3.8, 4) is 0 Å². The van der Waals surface area contributed by atoms with Crippen molar-refractivity contribution in [3.05, 3.63) is 0 Å². The molecule has 1 rings (SSSR count). The van der Waals surface area contributed by atoms with Gasteiger partial charge in [-0.2, -0.15) is 0 Å². The fraction of sp³-hybridized carbons (Fsp3) is 1.00. The van der Waals surface area contributed by atoms with Gasteiger partial charge in [-0.25, -0.2) is 0 Å². The maximum absolute atomic E-state index is 3.61. The number of piperidine rings is 1. The molecule has 1 saturated heterocycles. The molecule has 1 fully saturated rings. The molecule has 13 heavy (non-hydrogen) atoms. The molecule has 1 aliphatic heterocycles. The molecular formula is C12H25N. The first kappa shape index (κ1) is 11.0. The minimum atomic E-state index is 0.848. The van der Waals surface area contributed by atoms with Crippen molar-refractivity contribution in [1.29, 1.82) is 0 Å². The summed E-state index contributed by atoms with van der Waals surface area (Å²) < 4.78 is 0. The van der Waals surface area contributed by atoms with Gasteiger partial charge in [0, 0.05) is 6.04 Å². The molecule has 1 heterocycles. The third-order valence-corrected chi connectivity index (χ3v) is 3.00. The van der Waals surface area contributed by atoms with Gasteiger partial charge in [0.1, 0.15) is 0 Å². The minimum Gasteiger partial charge on any atom is -0.314 e. The van der Waals surface area contributed by atoms with E-state index in [0.29, 0.717) is 0 Å². The zero-order chi connectivity index (χ0) is 9.52. The molecule has 1 nitrogen and oxygen atoms in total. The summed E-state index contributed by atoms with van der Waals surface area (Å²) in [6.45, 7) is 5.90. The van der Waals surface area contributed by atoms with Crippen LogP contribution >= 0.6 is 0 Å². The highest BCUT2D eigenvalue weighted by Gasteiger charge is 2.11. The van der Waals surface area contributed by atoms with Crippen LogP contribution in [0.4, 0.5) is 0 Å². The Kier molecular flexibility index (Phi) is 5.45. The molecule has 0 radical (unpaired) electrons. The zero-order valence-electron chi connectivity index (χ0n) is 9.31. The monoisotopic (exact) mass is 183 g/mol. The van der Waals surface area contributed by atoms with Crippen LogP contribution in [-0.4, -0.2) is 12.6 Å². The van der Waals surface area contributed by atoms with E-state index in [1.807, 2.05) is 0 Å². The fourth-order valence-corrected chi connectivity index (χ4v) is 2.11. The van der Waals surface area contributed by atoms with Crippen LogP contribution in [0.5, 0.6) is 0 Å². The van der Waals surface area contributed by atoms with E-state index in [-0.39, 0.29) is 0 Å². The Labute approximate surface area is 83.3 Å². The summed E-state index contributed by atoms with van der Waals surface area (Å²) in [7, 11) is 0. The molecule has 0 aliphatic carbocycles. The summed E-state index contributed by atoms with van der Waals surface area (Å²) >= 11 is 0. The minimum absolute atomic E-state index is 0.848. The number of nitrogens with one attached hydrogen (secondary N) is 1. The third kappa shape index (κ3) is 5.30. The summed E-state index contributed by atoms with van der Waals surface area (Å²) in [4.78, 5) is 0. The van der Waals surface area contributed by atoms with Crippen LogP contribution in [0, 0.1) is 5.92 Å². The Morgan fingerprint density at radius 3 is 2.69 bits per heavy atom. The topological polar surface area (TPSA) is 12.0 Å². The lowest BCUT2D eigenvalue weighted by atomic mass is 9.97. The van der Waals surface area contributed by atoms with Gasteiger partial charge in [0.05, 0.1) is 0 Å². The van der Waals surface area contributed by atoms with Crippen molar-refractivity contribution >= 4 is 0 Å². The van der Waals surface area contributed by atoms with E-state index in [9.17, 15) is 0 Å². The number of hydrogen-bond donors (Lipinski definition) is 1. The second-order valence-corrected chi connectivity index (χ2v) is 4.83. The predicted octanol–water partition coefficient (Wildman–Crippen LogP) is 3.34. The van der Waals surface area contributed by atoms with Gasteiger partial charge < -0.3 is 5.32 Å². The molecule has 0 aromatic carbocycles. The summed E-state index contributed by atoms with van der Waals surface area (Å²) in [6.07, 6.45) is 9.93. The maximum Gasteiger partial charge on any atom is 0.00670 e. The quantitative estimate of drug-likeness (QED) is 0.645. The van der Waals surface area contributed by atoms with Gasteiger partial charge in [-0.05, 0) is 31.7 Å². The van der Waals surface area contributed by atoms with Crippen LogP contribution in [-0.2, 0) is 0 Å². The Balaban J connectivity index is 1.92. The molecule has 1 aliphatic rings. The molecule has 0 spiro atoms. The molecule has 0 amide bonds. The van der Waals surface area contributed by atoms with Crippen molar-refractivity contribution in [2.45, 2.75) is 64.8 Å². The molecule has 0 saturated carbocycles. The van der Waals surface area contributed by atoms with E-state index < -0.39 is 0 Å². The zero-order valence-corrected chi connectivity index (χ0v) is 9.31. The highest BCUT2D eigenvalue weighted by atomic mass is 14.9. The van der Waals surface area contributed by atoms with E-state index >= 15 is 0 Å². The van der Waals surface area contributed by atoms with Crippen LogP contribution in [0.2, 0.25) is 0 Å². The second-order valence-electron chi connectivity index (χ2n) is 4.83. The van der Waals surface area contributed by atoms with Crippen molar-refractivity contribution in [3.63, 3.8) is 0 Å². The van der Waals surface area contributed by atoms with Gasteiger partial charge in [-0.3, -0.25) is 0 Å². The summed E-state index contributed by atoms with van der Waals surface area (Å²) in [6, 6.07) is 0.848. The highest BCUT2D eigenvalue weighted by molar-refractivity contribution is 4.71. The van der Waals surface area contributed by atoms with E-state index in [0.717, 1.165) is 12.0 Å². The lowest BCUT2D eigenvalue weighted by molar-refractivity contribution is 0.367. The normalized spacial score (nSPS) is 23.8. The van der Waals surface area contributed by atoms with Crippen molar-refractivity contribution in [2.75, 3.05) is 6.54 Å². The van der Waals surface area contributed by atoms with Gasteiger partial charge in [0.15, 0.2) is 0 Å². The van der Waals surface area contributed by atoms with Crippen LogP contribution in [0.15, 0.2) is 0 Å². The third-order valence-electron chi connectivity index (χ3n) is 3.00. The second kappa shape index (κ2) is 6.42. The van der Waals surface area contributed by atoms with Crippen molar-refractivity contribution < 1.29 is 0 Å². The smallest absolute Gasteiger partial charge is 0.00670 e. The fourth-order valence-electron chi connectivity index (χ4n) is 2.11. The first-order valence-electron chi connectivity index (χ1n) is 6.02. The van der Waals surface area contributed by atoms with Gasteiger partial charge >= 0.3 is 0 Å². The highest BCUT2D eigenvalue weighted by Crippen LogP contribution is 2.15. The molecule has 1 heteroatoms. The van der Waals surface area contributed by atoms with Crippen molar-refractivity contribution in [2.24, 2.45) is 5.92 Å². The molecule has 78 valence electrons. The standard InChI is InChI=1S/C12H25N/c1-11(2)7-3-4-8-12-9-5-6-10-13-12/h11-13H,3-10H2,1-2H3/t12-/m1/s1. The Hall–Kier alpha value is -0.0400. The van der Waals surface area contributed by atoms with Gasteiger partial charge in [0.25, 0.3) is 0 Å². The van der Waals surface area contributed by atoms with E-state index in [1.165, 1.54) is 51.5 Å². The van der Waals surface area contributed by atoms with Gasteiger partial charge in [0.2, 0.25) is 0 Å². The molecule has 0 bridgehead atoms. The number of hydrogen-bond acceptors (Lipinski definition) is 1. The molecule has 1 N–H and O–H groups in total. The maximum atomic E-state index is 3.61. The molecule has 0 unspecified atom stereocenters. The Bertz CT molecular complexity index is 114. The Morgan fingerprint density at radius 1 is 1.23 bits per heavy atom. The Morgan fingerprint density at radius 2 is 2.08 bits per heavy atom. The lowest BCUT2D eigenvalue weighted by Gasteiger charge is -2.23. The molecule has 0 aromatic heterocycles. The van der Waals surface area contributed by atoms with Gasteiger partial charge in [-0.1, -0.05) is 39.5 Å². The lowest BCUT2D eigenvalue weighted by Crippen LogP contribution is -2.33. The van der Waals surface area contributed by atoms with Crippen LogP contribution in [0.1, 0.15) is 58.8 Å². The van der Waals surface area contributed by atoms with E-state index in [4.69, 9.17) is 0 Å². The predicted molar refractivity (Wildman–Crippen MR) is 58.9 cm³/mol. The summed E-state index contributed by atoms with van der Waals surface area (Å²) in [5.41, 5.74) is 0. The first-order chi connectivity index (χ1) is 6.29. The van der Waals surface area contributed by atoms with Crippen molar-refractivity contribution in [1.82, 2.24) is 5.32 Å². The average Bonchev–Trinajstić information content (AvgIpc) is 2.14. The number of rotatable bonds is 5. The van der Waals surface area contributed by atoms with Crippen LogP contribution < -0.4 is 5.32 Å². The first-order valence-corrected chi connectivity index (χ1v) is 6.02. The van der Waals surface area contributed by atoms with E-state index in [2.05, 4.69) is 19.2 Å². The van der Waals surface area contributed by atoms with E-state index in [1.54, 1.807) is 0 Å². The van der Waals surface area contributed by atoms with Crippen LogP contribution in [0.3, 0.4) is 0 Å². The molecule has 1 atom stereocenters.